The predicted octanol–water partition coefficient (Wildman–Crippen LogP) is 3.28. The van der Waals surface area contributed by atoms with Gasteiger partial charge in [0.05, 0.1) is 25.8 Å². The third kappa shape index (κ3) is 4.13. The number of ether oxygens (including phenoxy) is 2. The standard InChI is InChI=1S/C20H26N4O3/c1-13-11-18(23-20(21)22-13)24-10-6-4-5-7-16(24)15-12-14(19(25)27-3)8-9-17(15)26-2/h8-9,11-12,16H,4-7,10H2,1-3H3,(H2,21,22,23)/t16-/m1/s1. The van der Waals surface area contributed by atoms with Crippen LogP contribution in [-0.4, -0.2) is 36.7 Å². The summed E-state index contributed by atoms with van der Waals surface area (Å²) in [6, 6.07) is 7.39. The molecular formula is C20H26N4O3. The lowest BCUT2D eigenvalue weighted by atomic mass is 9.97. The maximum atomic E-state index is 12.0. The van der Waals surface area contributed by atoms with Gasteiger partial charge in [-0.1, -0.05) is 12.8 Å². The molecule has 0 unspecified atom stereocenters. The average Bonchev–Trinajstić information content (AvgIpc) is 2.92. The van der Waals surface area contributed by atoms with Crippen LogP contribution in [0.25, 0.3) is 0 Å². The Labute approximate surface area is 159 Å². The fraction of sp³-hybridized carbons (Fsp3) is 0.450. The first-order chi connectivity index (χ1) is 13.0. The predicted molar refractivity (Wildman–Crippen MR) is 104 cm³/mol. The van der Waals surface area contributed by atoms with Crippen molar-refractivity contribution in [2.24, 2.45) is 0 Å². The molecule has 2 N–H and O–H groups in total. The maximum Gasteiger partial charge on any atom is 0.337 e. The minimum Gasteiger partial charge on any atom is -0.496 e. The van der Waals surface area contributed by atoms with E-state index in [1.54, 1.807) is 13.2 Å². The molecule has 0 bridgehead atoms. The molecule has 0 amide bonds. The highest BCUT2D eigenvalue weighted by Crippen LogP contribution is 2.38. The Kier molecular flexibility index (Phi) is 5.78. The van der Waals surface area contributed by atoms with Crippen LogP contribution in [0.1, 0.15) is 53.3 Å². The number of nitrogens with two attached hydrogens (primary N) is 1. The number of anilines is 2. The lowest BCUT2D eigenvalue weighted by Crippen LogP contribution is -2.30. The van der Waals surface area contributed by atoms with Gasteiger partial charge in [-0.15, -0.1) is 0 Å². The second-order valence-corrected chi connectivity index (χ2v) is 6.73. The summed E-state index contributed by atoms with van der Waals surface area (Å²) < 4.78 is 10.5. The van der Waals surface area contributed by atoms with Crippen LogP contribution < -0.4 is 15.4 Å². The van der Waals surface area contributed by atoms with Gasteiger partial charge in [0.1, 0.15) is 11.6 Å². The summed E-state index contributed by atoms with van der Waals surface area (Å²) in [5.41, 5.74) is 8.19. The average molecular weight is 370 g/mol. The zero-order chi connectivity index (χ0) is 19.4. The SMILES string of the molecule is COC(=O)c1ccc(OC)c([C@H]2CCCCCN2c2cc(C)nc(N)n2)c1. The third-order valence-electron chi connectivity index (χ3n) is 4.91. The van der Waals surface area contributed by atoms with Crippen molar-refractivity contribution < 1.29 is 14.3 Å². The molecule has 1 aliphatic heterocycles. The first-order valence-electron chi connectivity index (χ1n) is 9.17. The van der Waals surface area contributed by atoms with Gasteiger partial charge in [0.15, 0.2) is 0 Å². The monoisotopic (exact) mass is 370 g/mol. The number of carbonyl (C=O) groups is 1. The summed E-state index contributed by atoms with van der Waals surface area (Å²) >= 11 is 0. The molecule has 1 atom stereocenters. The van der Waals surface area contributed by atoms with Crippen LogP contribution in [-0.2, 0) is 4.74 Å². The van der Waals surface area contributed by atoms with Crippen molar-refractivity contribution in [2.45, 2.75) is 38.6 Å². The smallest absolute Gasteiger partial charge is 0.337 e. The molecule has 7 nitrogen and oxygen atoms in total. The van der Waals surface area contributed by atoms with E-state index in [1.807, 2.05) is 25.1 Å². The molecule has 0 aliphatic carbocycles. The van der Waals surface area contributed by atoms with Gasteiger partial charge in [0.2, 0.25) is 5.95 Å². The molecule has 0 radical (unpaired) electrons. The van der Waals surface area contributed by atoms with E-state index in [9.17, 15) is 4.79 Å². The highest BCUT2D eigenvalue weighted by atomic mass is 16.5. The topological polar surface area (TPSA) is 90.6 Å². The summed E-state index contributed by atoms with van der Waals surface area (Å²) in [5, 5.41) is 0. The van der Waals surface area contributed by atoms with Gasteiger partial charge in [-0.3, -0.25) is 0 Å². The Morgan fingerprint density at radius 1 is 1.19 bits per heavy atom. The molecule has 1 aromatic carbocycles. The van der Waals surface area contributed by atoms with Crippen molar-refractivity contribution in [3.63, 3.8) is 0 Å². The number of rotatable bonds is 4. The minimum atomic E-state index is -0.360. The molecule has 7 heteroatoms. The van der Waals surface area contributed by atoms with Crippen LogP contribution in [0.2, 0.25) is 0 Å². The van der Waals surface area contributed by atoms with Gasteiger partial charge >= 0.3 is 5.97 Å². The van der Waals surface area contributed by atoms with E-state index in [0.29, 0.717) is 5.56 Å². The van der Waals surface area contributed by atoms with Crippen LogP contribution in [0.4, 0.5) is 11.8 Å². The van der Waals surface area contributed by atoms with Gasteiger partial charge in [0, 0.05) is 23.9 Å². The van der Waals surface area contributed by atoms with Crippen molar-refractivity contribution >= 4 is 17.7 Å². The number of nitrogen functional groups attached to an aromatic ring is 1. The number of aryl methyl sites for hydroxylation is 1. The molecule has 1 aromatic heterocycles. The third-order valence-corrected chi connectivity index (χ3v) is 4.91. The van der Waals surface area contributed by atoms with E-state index in [4.69, 9.17) is 15.2 Å². The number of benzene rings is 1. The molecule has 1 fully saturated rings. The van der Waals surface area contributed by atoms with Crippen LogP contribution in [0.5, 0.6) is 5.75 Å². The largest absolute Gasteiger partial charge is 0.496 e. The van der Waals surface area contributed by atoms with Gasteiger partial charge < -0.3 is 20.1 Å². The molecule has 0 saturated carbocycles. The number of methoxy groups -OCH3 is 2. The van der Waals surface area contributed by atoms with Gasteiger partial charge in [-0.25, -0.2) is 9.78 Å². The Morgan fingerprint density at radius 2 is 2.00 bits per heavy atom. The Hall–Kier alpha value is -2.83. The molecular weight excluding hydrogens is 344 g/mol. The number of hydrogen-bond acceptors (Lipinski definition) is 7. The summed E-state index contributed by atoms with van der Waals surface area (Å²) in [6.07, 6.45) is 4.24. The van der Waals surface area contributed by atoms with Crippen molar-refractivity contribution in [2.75, 3.05) is 31.4 Å². The minimum absolute atomic E-state index is 0.0285. The molecule has 3 rings (SSSR count). The van der Waals surface area contributed by atoms with Crippen molar-refractivity contribution in [1.29, 1.82) is 0 Å². The zero-order valence-corrected chi connectivity index (χ0v) is 16.1. The summed E-state index contributed by atoms with van der Waals surface area (Å²) in [7, 11) is 3.03. The van der Waals surface area contributed by atoms with Crippen molar-refractivity contribution in [3.8, 4) is 5.75 Å². The van der Waals surface area contributed by atoms with Gasteiger partial charge in [-0.05, 0) is 38.0 Å². The number of aromatic nitrogens is 2. The van der Waals surface area contributed by atoms with Crippen LogP contribution in [0, 0.1) is 6.92 Å². The summed E-state index contributed by atoms with van der Waals surface area (Å²) in [4.78, 5) is 22.9. The highest BCUT2D eigenvalue weighted by molar-refractivity contribution is 5.89. The van der Waals surface area contributed by atoms with E-state index < -0.39 is 0 Å². The Bertz CT molecular complexity index is 805. The lowest BCUT2D eigenvalue weighted by Gasteiger charge is -2.32. The summed E-state index contributed by atoms with van der Waals surface area (Å²) in [5.74, 6) is 1.46. The fourth-order valence-corrected chi connectivity index (χ4v) is 3.67. The van der Waals surface area contributed by atoms with Crippen LogP contribution >= 0.6 is 0 Å². The van der Waals surface area contributed by atoms with Crippen LogP contribution in [0.15, 0.2) is 24.3 Å². The molecule has 2 heterocycles. The van der Waals surface area contributed by atoms with E-state index >= 15 is 0 Å². The molecule has 27 heavy (non-hydrogen) atoms. The fourth-order valence-electron chi connectivity index (χ4n) is 3.67. The molecule has 2 aromatic rings. The lowest BCUT2D eigenvalue weighted by molar-refractivity contribution is 0.0600. The summed E-state index contributed by atoms with van der Waals surface area (Å²) in [6.45, 7) is 2.76. The number of nitrogens with zero attached hydrogens (tertiary/aromatic N) is 3. The van der Waals surface area contributed by atoms with Crippen molar-refractivity contribution in [1.82, 2.24) is 9.97 Å². The Morgan fingerprint density at radius 3 is 2.70 bits per heavy atom. The van der Waals surface area contributed by atoms with E-state index in [2.05, 4.69) is 14.9 Å². The first-order valence-corrected chi connectivity index (χ1v) is 9.17. The molecule has 144 valence electrons. The van der Waals surface area contributed by atoms with E-state index in [0.717, 1.165) is 55.1 Å². The quantitative estimate of drug-likeness (QED) is 0.826. The molecule has 1 aliphatic rings. The van der Waals surface area contributed by atoms with Gasteiger partial charge in [-0.2, -0.15) is 4.98 Å². The number of carbonyl (C=O) groups excluding carboxylic acids is 1. The highest BCUT2D eigenvalue weighted by Gasteiger charge is 2.28. The molecule has 0 spiro atoms. The second-order valence-electron chi connectivity index (χ2n) is 6.73. The Balaban J connectivity index is 2.09. The molecule has 1 saturated heterocycles. The van der Waals surface area contributed by atoms with Crippen molar-refractivity contribution in [3.05, 3.63) is 41.1 Å². The van der Waals surface area contributed by atoms with E-state index in [1.165, 1.54) is 7.11 Å². The van der Waals surface area contributed by atoms with Crippen LogP contribution in [0.3, 0.4) is 0 Å². The number of hydrogen-bond donors (Lipinski definition) is 1. The number of esters is 1. The normalized spacial score (nSPS) is 17.3. The first kappa shape index (κ1) is 18.9. The van der Waals surface area contributed by atoms with Gasteiger partial charge in [0.25, 0.3) is 0 Å². The van der Waals surface area contributed by atoms with E-state index in [-0.39, 0.29) is 18.0 Å². The maximum absolute atomic E-state index is 12.0. The zero-order valence-electron chi connectivity index (χ0n) is 16.1. The second kappa shape index (κ2) is 8.24.